The van der Waals surface area contributed by atoms with Gasteiger partial charge in [0.05, 0.1) is 6.61 Å². The monoisotopic (exact) mass is 375 g/mol. The van der Waals surface area contributed by atoms with Crippen LogP contribution in [0.3, 0.4) is 0 Å². The van der Waals surface area contributed by atoms with Crippen LogP contribution in [0.15, 0.2) is 0 Å². The van der Waals surface area contributed by atoms with Gasteiger partial charge in [0.15, 0.2) is 6.61 Å². The van der Waals surface area contributed by atoms with E-state index in [1.807, 2.05) is 5.92 Å². The number of phosphoric acid groups is 1. The Balaban J connectivity index is 0. The molecule has 0 rings (SSSR count). The molecule has 0 aromatic carbocycles. The summed E-state index contributed by atoms with van der Waals surface area (Å²) < 4.78 is 46.6. The number of hydrogen-bond acceptors (Lipinski definition) is 8. The predicted octanol–water partition coefficient (Wildman–Crippen LogP) is 1.35. The second-order valence-corrected chi connectivity index (χ2v) is 5.76. The molecule has 1 atom stereocenters. The Hall–Kier alpha value is -1.67. The highest BCUT2D eigenvalue weighted by Crippen LogP contribution is 2.49. The van der Waals surface area contributed by atoms with Gasteiger partial charge in [0, 0.05) is 4.57 Å². The molecular weight excluding hydrogens is 358 g/mol. The van der Waals surface area contributed by atoms with Crippen LogP contribution in [-0.4, -0.2) is 44.7 Å². The molecule has 1 unspecified atom stereocenters. The topological polar surface area (TPSA) is 101 Å². The van der Waals surface area contributed by atoms with Crippen molar-refractivity contribution >= 4 is 16.1 Å². The molecule has 130 valence electrons. The lowest BCUT2D eigenvalue weighted by Gasteiger charge is -2.14. The van der Waals surface area contributed by atoms with Crippen molar-refractivity contribution in [2.45, 2.75) is 0 Å². The summed E-state index contributed by atoms with van der Waals surface area (Å²) in [5.41, 5.74) is 0. The molecule has 0 aromatic heterocycles. The van der Waals surface area contributed by atoms with Crippen molar-refractivity contribution in [2.75, 3.05) is 39.6 Å². The predicted molar refractivity (Wildman–Crippen MR) is 87.4 cm³/mol. The molecule has 8 nitrogen and oxygen atoms in total. The van der Waals surface area contributed by atoms with Gasteiger partial charge in [0.25, 0.3) is 0 Å². The van der Waals surface area contributed by atoms with Crippen molar-refractivity contribution in [3.8, 4) is 49.4 Å². The first-order valence-electron chi connectivity index (χ1n) is 6.11. The summed E-state index contributed by atoms with van der Waals surface area (Å²) in [6.45, 7) is -1.26. The minimum atomic E-state index is -3.87. The summed E-state index contributed by atoms with van der Waals surface area (Å²) in [6, 6.07) is 0. The van der Waals surface area contributed by atoms with E-state index in [2.05, 4.69) is 28.7 Å². The van der Waals surface area contributed by atoms with E-state index in [0.717, 1.165) is 0 Å². The first-order chi connectivity index (χ1) is 11.5. The fourth-order valence-corrected chi connectivity index (χ4v) is 2.20. The van der Waals surface area contributed by atoms with Gasteiger partial charge >= 0.3 is 16.1 Å². The quantitative estimate of drug-likeness (QED) is 0.328. The van der Waals surface area contributed by atoms with Gasteiger partial charge in [-0.1, -0.05) is 23.7 Å². The summed E-state index contributed by atoms with van der Waals surface area (Å²) in [6.07, 6.45) is 19.3. The minimum absolute atomic E-state index is 0.148. The zero-order valence-corrected chi connectivity index (χ0v) is 14.5. The maximum absolute atomic E-state index is 11.9. The zero-order chi connectivity index (χ0) is 18.7. The molecule has 0 aliphatic carbocycles. The van der Waals surface area contributed by atoms with E-state index in [0.29, 0.717) is 0 Å². The van der Waals surface area contributed by atoms with E-state index < -0.39 is 16.1 Å². The summed E-state index contributed by atoms with van der Waals surface area (Å²) >= 11 is 0. The van der Waals surface area contributed by atoms with Crippen molar-refractivity contribution in [2.24, 2.45) is 0 Å². The average molecular weight is 375 g/mol. The Morgan fingerprint density at radius 2 is 1.33 bits per heavy atom. The number of phosphoric ester groups is 1. The second kappa shape index (κ2) is 17.7. The van der Waals surface area contributed by atoms with Crippen LogP contribution in [0.5, 0.6) is 0 Å². The van der Waals surface area contributed by atoms with Crippen LogP contribution in [0, 0.1) is 49.4 Å². The number of aliphatic hydroxyl groups is 1. The van der Waals surface area contributed by atoms with Gasteiger partial charge in [0.1, 0.15) is 26.4 Å². The van der Waals surface area contributed by atoms with E-state index in [4.69, 9.17) is 42.5 Å². The molecule has 0 spiro atoms. The number of aliphatic hydroxyl groups excluding tert-OH is 1. The van der Waals surface area contributed by atoms with Crippen LogP contribution in [0.4, 0.5) is 0 Å². The Bertz CT molecular complexity index is 539. The van der Waals surface area contributed by atoms with Crippen molar-refractivity contribution in [1.82, 2.24) is 0 Å². The zero-order valence-electron chi connectivity index (χ0n) is 12.8. The van der Waals surface area contributed by atoms with E-state index >= 15 is 0 Å². The molecule has 0 aliphatic heterocycles. The fraction of sp³-hybridized carbons (Fsp3) is 0.429. The SMILES string of the molecule is C#CCO.C#CCO[P+](=O)OCCOP(=O)(OCC#C)OCC#C. The maximum Gasteiger partial charge on any atom is 0.698 e. The third kappa shape index (κ3) is 16.7. The van der Waals surface area contributed by atoms with Crippen molar-refractivity contribution in [3.63, 3.8) is 0 Å². The molecule has 0 bridgehead atoms. The van der Waals surface area contributed by atoms with Crippen molar-refractivity contribution < 1.29 is 36.9 Å². The summed E-state index contributed by atoms with van der Waals surface area (Å²) in [5, 5.41) is 7.64. The lowest BCUT2D eigenvalue weighted by molar-refractivity contribution is 0.113. The Kier molecular flexibility index (Phi) is 18.1. The van der Waals surface area contributed by atoms with Gasteiger partial charge in [-0.25, -0.2) is 4.57 Å². The molecule has 0 fully saturated rings. The van der Waals surface area contributed by atoms with Gasteiger partial charge in [-0.3, -0.25) is 13.6 Å². The van der Waals surface area contributed by atoms with Gasteiger partial charge in [-0.15, -0.1) is 34.7 Å². The van der Waals surface area contributed by atoms with Crippen LogP contribution >= 0.6 is 16.1 Å². The smallest absolute Gasteiger partial charge is 0.384 e. The maximum atomic E-state index is 11.9. The third-order valence-corrected chi connectivity index (χ3v) is 3.61. The van der Waals surface area contributed by atoms with E-state index in [9.17, 15) is 9.13 Å². The van der Waals surface area contributed by atoms with Crippen LogP contribution in [0.2, 0.25) is 0 Å². The van der Waals surface area contributed by atoms with Gasteiger partial charge < -0.3 is 5.11 Å². The summed E-state index contributed by atoms with van der Waals surface area (Å²) in [4.78, 5) is 0. The first kappa shape index (κ1) is 24.6. The molecule has 0 saturated carbocycles. The Labute approximate surface area is 142 Å². The molecule has 10 heteroatoms. The molecule has 0 aliphatic rings. The highest BCUT2D eigenvalue weighted by atomic mass is 31.2. The molecule has 24 heavy (non-hydrogen) atoms. The second-order valence-electron chi connectivity index (χ2n) is 3.13. The molecular formula is C14H17O8P2+. The number of rotatable bonds is 11. The molecule has 0 heterocycles. The average Bonchev–Trinajstić information content (AvgIpc) is 2.60. The molecule has 0 aromatic rings. The normalized spacial score (nSPS) is 10.1. The third-order valence-electron chi connectivity index (χ3n) is 1.49. The van der Waals surface area contributed by atoms with E-state index in [1.54, 1.807) is 0 Å². The van der Waals surface area contributed by atoms with Gasteiger partial charge in [0.2, 0.25) is 0 Å². The van der Waals surface area contributed by atoms with Gasteiger partial charge in [-0.2, -0.15) is 0 Å². The molecule has 0 radical (unpaired) electrons. The molecule has 1 N–H and O–H groups in total. The Morgan fingerprint density at radius 1 is 0.833 bits per heavy atom. The lowest BCUT2D eigenvalue weighted by atomic mass is 10.8. The summed E-state index contributed by atoms with van der Waals surface area (Å²) in [7, 11) is -6.23. The molecule has 0 saturated heterocycles. The number of terminal acetylenes is 4. The van der Waals surface area contributed by atoms with Crippen LogP contribution in [-0.2, 0) is 31.7 Å². The van der Waals surface area contributed by atoms with Crippen LogP contribution < -0.4 is 0 Å². The van der Waals surface area contributed by atoms with E-state index in [-0.39, 0.29) is 39.6 Å². The van der Waals surface area contributed by atoms with Crippen LogP contribution in [0.25, 0.3) is 0 Å². The van der Waals surface area contributed by atoms with Gasteiger partial charge in [-0.05, 0) is 0 Å². The van der Waals surface area contributed by atoms with Crippen molar-refractivity contribution in [1.29, 1.82) is 0 Å². The number of hydrogen-bond donors (Lipinski definition) is 1. The largest absolute Gasteiger partial charge is 0.698 e. The minimum Gasteiger partial charge on any atom is -0.384 e. The molecule has 0 amide bonds. The highest BCUT2D eigenvalue weighted by Gasteiger charge is 2.27. The van der Waals surface area contributed by atoms with E-state index in [1.165, 1.54) is 0 Å². The van der Waals surface area contributed by atoms with Crippen molar-refractivity contribution in [3.05, 3.63) is 0 Å². The van der Waals surface area contributed by atoms with Crippen LogP contribution in [0.1, 0.15) is 0 Å². The summed E-state index contributed by atoms with van der Waals surface area (Å²) in [5.74, 6) is 8.32. The lowest BCUT2D eigenvalue weighted by Crippen LogP contribution is -2.05. The fourth-order valence-electron chi connectivity index (χ4n) is 0.733. The standard InChI is InChI=1S/C11H13O7P2.C3H4O/c1-4-7-14-19(12)15-10-11-18-20(13,16-8-5-2)17-9-6-3;1-2-3-4/h1-3H,7-11H2;1,4H,3H2/q+1;. The first-order valence-corrected chi connectivity index (χ1v) is 8.66. The highest BCUT2D eigenvalue weighted by molar-refractivity contribution is 7.48. The Morgan fingerprint density at radius 3 is 1.75 bits per heavy atom.